The van der Waals surface area contributed by atoms with Crippen LogP contribution in [0.15, 0.2) is 18.2 Å². The highest BCUT2D eigenvalue weighted by atomic mass is 35.5. The summed E-state index contributed by atoms with van der Waals surface area (Å²) in [6.45, 7) is 0. The fourth-order valence-corrected chi connectivity index (χ4v) is 3.15. The summed E-state index contributed by atoms with van der Waals surface area (Å²) in [5.74, 6) is 0.356. The summed E-state index contributed by atoms with van der Waals surface area (Å²) < 4.78 is 13.1. The first kappa shape index (κ1) is 12.8. The quantitative estimate of drug-likeness (QED) is 0.848. The minimum atomic E-state index is -0.266. The second-order valence-electron chi connectivity index (χ2n) is 4.83. The third-order valence-corrected chi connectivity index (χ3v) is 4.06. The summed E-state index contributed by atoms with van der Waals surface area (Å²) in [6.07, 6.45) is 6.39. The Hall–Kier alpha value is -0.600. The molecule has 3 heteroatoms. The molecule has 0 saturated heterocycles. The molecule has 1 aliphatic carbocycles. The van der Waals surface area contributed by atoms with E-state index in [2.05, 4.69) is 5.32 Å². The molecular formula is C14H19ClFN. The van der Waals surface area contributed by atoms with Crippen molar-refractivity contribution in [3.05, 3.63) is 34.6 Å². The highest BCUT2D eigenvalue weighted by Crippen LogP contribution is 2.36. The third-order valence-electron chi connectivity index (χ3n) is 3.73. The lowest BCUT2D eigenvalue weighted by Gasteiger charge is -2.31. The van der Waals surface area contributed by atoms with E-state index in [1.807, 2.05) is 13.1 Å². The monoisotopic (exact) mass is 255 g/mol. The normalized spacial score (nSPS) is 19.2. The van der Waals surface area contributed by atoms with Crippen molar-refractivity contribution in [2.45, 2.75) is 38.1 Å². The van der Waals surface area contributed by atoms with Crippen molar-refractivity contribution in [3.8, 4) is 0 Å². The van der Waals surface area contributed by atoms with Gasteiger partial charge in [0.1, 0.15) is 5.82 Å². The van der Waals surface area contributed by atoms with Crippen molar-refractivity contribution >= 4 is 11.6 Å². The van der Waals surface area contributed by atoms with Gasteiger partial charge < -0.3 is 5.32 Å². The molecule has 1 nitrogen and oxygen atoms in total. The van der Waals surface area contributed by atoms with Crippen LogP contribution in [-0.2, 0) is 0 Å². The number of benzene rings is 1. The maximum atomic E-state index is 13.1. The molecule has 1 unspecified atom stereocenters. The lowest BCUT2D eigenvalue weighted by Crippen LogP contribution is -2.27. The van der Waals surface area contributed by atoms with Crippen LogP contribution >= 0.6 is 11.6 Å². The molecule has 1 N–H and O–H groups in total. The number of hydrogen-bond acceptors (Lipinski definition) is 1. The van der Waals surface area contributed by atoms with Gasteiger partial charge in [-0.05, 0) is 43.5 Å². The van der Waals surface area contributed by atoms with E-state index in [1.165, 1.54) is 44.2 Å². The summed E-state index contributed by atoms with van der Waals surface area (Å²) in [5.41, 5.74) is 1.03. The van der Waals surface area contributed by atoms with Crippen molar-refractivity contribution in [2.75, 3.05) is 7.05 Å². The van der Waals surface area contributed by atoms with Crippen LogP contribution in [0.1, 0.15) is 43.7 Å². The van der Waals surface area contributed by atoms with Crippen molar-refractivity contribution in [2.24, 2.45) is 5.92 Å². The summed E-state index contributed by atoms with van der Waals surface area (Å²) in [5, 5.41) is 3.88. The molecule has 0 radical (unpaired) electrons. The second-order valence-corrected chi connectivity index (χ2v) is 5.24. The lowest BCUT2D eigenvalue weighted by atomic mass is 9.81. The van der Waals surface area contributed by atoms with Gasteiger partial charge in [-0.2, -0.15) is 0 Å². The van der Waals surface area contributed by atoms with E-state index in [0.717, 1.165) is 5.56 Å². The highest BCUT2D eigenvalue weighted by molar-refractivity contribution is 6.31. The lowest BCUT2D eigenvalue weighted by molar-refractivity contribution is 0.281. The Morgan fingerprint density at radius 2 is 2.00 bits per heavy atom. The van der Waals surface area contributed by atoms with Crippen LogP contribution in [0.5, 0.6) is 0 Å². The molecule has 1 aromatic carbocycles. The van der Waals surface area contributed by atoms with Gasteiger partial charge in [0.2, 0.25) is 0 Å². The smallest absolute Gasteiger partial charge is 0.124 e. The first-order valence-electron chi connectivity index (χ1n) is 6.34. The maximum Gasteiger partial charge on any atom is 0.124 e. The molecule has 1 saturated carbocycles. The summed E-state index contributed by atoms with van der Waals surface area (Å²) in [4.78, 5) is 0. The van der Waals surface area contributed by atoms with Gasteiger partial charge in [0.25, 0.3) is 0 Å². The second kappa shape index (κ2) is 5.83. The van der Waals surface area contributed by atoms with E-state index in [0.29, 0.717) is 10.9 Å². The standard InChI is InChI=1S/C14H19ClFN/c1-17-14(10-5-3-2-4-6-10)12-8-7-11(16)9-13(12)15/h7-10,14,17H,2-6H2,1H3. The van der Waals surface area contributed by atoms with Gasteiger partial charge in [-0.1, -0.05) is 36.9 Å². The van der Waals surface area contributed by atoms with Gasteiger partial charge in [-0.25, -0.2) is 4.39 Å². The zero-order valence-electron chi connectivity index (χ0n) is 10.2. The first-order chi connectivity index (χ1) is 8.22. The van der Waals surface area contributed by atoms with E-state index in [-0.39, 0.29) is 11.9 Å². The summed E-state index contributed by atoms with van der Waals surface area (Å²) in [7, 11) is 1.96. The Kier molecular flexibility index (Phi) is 4.41. The Bertz CT molecular complexity index is 374. The van der Waals surface area contributed by atoms with Gasteiger partial charge in [0, 0.05) is 11.1 Å². The average Bonchev–Trinajstić information content (AvgIpc) is 2.34. The number of hydrogen-bond donors (Lipinski definition) is 1. The van der Waals surface area contributed by atoms with E-state index in [1.54, 1.807) is 0 Å². The predicted molar refractivity (Wildman–Crippen MR) is 69.8 cm³/mol. The van der Waals surface area contributed by atoms with Crippen LogP contribution < -0.4 is 5.32 Å². The fraction of sp³-hybridized carbons (Fsp3) is 0.571. The van der Waals surface area contributed by atoms with Crippen molar-refractivity contribution < 1.29 is 4.39 Å². The fourth-order valence-electron chi connectivity index (χ4n) is 2.87. The van der Waals surface area contributed by atoms with Crippen LogP contribution in [0.4, 0.5) is 4.39 Å². The molecule has 2 rings (SSSR count). The summed E-state index contributed by atoms with van der Waals surface area (Å²) >= 11 is 6.14. The van der Waals surface area contributed by atoms with Gasteiger partial charge in [-0.3, -0.25) is 0 Å². The average molecular weight is 256 g/mol. The van der Waals surface area contributed by atoms with E-state index >= 15 is 0 Å². The van der Waals surface area contributed by atoms with Gasteiger partial charge in [0.15, 0.2) is 0 Å². The minimum absolute atomic E-state index is 0.253. The zero-order valence-corrected chi connectivity index (χ0v) is 10.9. The molecule has 0 spiro atoms. The SMILES string of the molecule is CNC(c1ccc(F)cc1Cl)C1CCCCC1. The van der Waals surface area contributed by atoms with Gasteiger partial charge in [-0.15, -0.1) is 0 Å². The summed E-state index contributed by atoms with van der Waals surface area (Å²) in [6, 6.07) is 4.97. The molecule has 17 heavy (non-hydrogen) atoms. The molecule has 0 bridgehead atoms. The van der Waals surface area contributed by atoms with E-state index in [9.17, 15) is 4.39 Å². The van der Waals surface area contributed by atoms with Crippen molar-refractivity contribution in [3.63, 3.8) is 0 Å². The Morgan fingerprint density at radius 3 is 2.59 bits per heavy atom. The largest absolute Gasteiger partial charge is 0.313 e. The molecule has 1 aliphatic rings. The minimum Gasteiger partial charge on any atom is -0.313 e. The molecule has 0 amide bonds. The molecule has 1 atom stereocenters. The maximum absolute atomic E-state index is 13.1. The zero-order chi connectivity index (χ0) is 12.3. The van der Waals surface area contributed by atoms with Gasteiger partial charge >= 0.3 is 0 Å². The number of nitrogens with one attached hydrogen (secondary N) is 1. The topological polar surface area (TPSA) is 12.0 Å². The molecule has 0 aromatic heterocycles. The first-order valence-corrected chi connectivity index (χ1v) is 6.72. The molecular weight excluding hydrogens is 237 g/mol. The van der Waals surface area contributed by atoms with Crippen LogP contribution in [-0.4, -0.2) is 7.05 Å². The number of halogens is 2. The molecule has 0 aliphatic heterocycles. The molecule has 1 fully saturated rings. The van der Waals surface area contributed by atoms with Crippen molar-refractivity contribution in [1.82, 2.24) is 5.32 Å². The Balaban J connectivity index is 2.21. The highest BCUT2D eigenvalue weighted by Gasteiger charge is 2.25. The Labute approximate surface area is 107 Å². The van der Waals surface area contributed by atoms with Gasteiger partial charge in [0.05, 0.1) is 0 Å². The van der Waals surface area contributed by atoms with Crippen molar-refractivity contribution in [1.29, 1.82) is 0 Å². The molecule has 0 heterocycles. The van der Waals surface area contributed by atoms with Crippen LogP contribution in [0.25, 0.3) is 0 Å². The van der Waals surface area contributed by atoms with E-state index < -0.39 is 0 Å². The van der Waals surface area contributed by atoms with Crippen LogP contribution in [0, 0.1) is 11.7 Å². The number of rotatable bonds is 3. The third kappa shape index (κ3) is 2.99. The Morgan fingerprint density at radius 1 is 1.29 bits per heavy atom. The van der Waals surface area contributed by atoms with Crippen LogP contribution in [0.2, 0.25) is 5.02 Å². The predicted octanol–water partition coefficient (Wildman–Crippen LogP) is 4.32. The van der Waals surface area contributed by atoms with E-state index in [4.69, 9.17) is 11.6 Å². The molecule has 1 aromatic rings. The van der Waals surface area contributed by atoms with Crippen LogP contribution in [0.3, 0.4) is 0 Å². The molecule has 94 valence electrons.